The standard InChI is InChI=1S/C18H31N3/c1-4-8-15-9-11-16(12-10-15)17(20-19)18(2,3)21-13-6-5-7-14-21/h9-12,17,20H,4-8,13-14,19H2,1-3H3. The van der Waals surface area contributed by atoms with Gasteiger partial charge in [0, 0.05) is 5.54 Å². The van der Waals surface area contributed by atoms with E-state index in [0.717, 1.165) is 6.42 Å². The zero-order chi connectivity index (χ0) is 15.3. The first-order chi connectivity index (χ1) is 10.1. The number of hydrogen-bond acceptors (Lipinski definition) is 3. The van der Waals surface area contributed by atoms with E-state index in [9.17, 15) is 0 Å². The topological polar surface area (TPSA) is 41.3 Å². The van der Waals surface area contributed by atoms with Crippen molar-refractivity contribution in [3.05, 3.63) is 35.4 Å². The monoisotopic (exact) mass is 289 g/mol. The normalized spacial score (nSPS) is 18.7. The van der Waals surface area contributed by atoms with Gasteiger partial charge in [0.25, 0.3) is 0 Å². The first kappa shape index (κ1) is 16.5. The molecule has 0 bridgehead atoms. The molecular weight excluding hydrogens is 258 g/mol. The summed E-state index contributed by atoms with van der Waals surface area (Å²) in [7, 11) is 0. The summed E-state index contributed by atoms with van der Waals surface area (Å²) < 4.78 is 0. The fraction of sp³-hybridized carbons (Fsp3) is 0.667. The van der Waals surface area contributed by atoms with Crippen molar-refractivity contribution in [3.8, 4) is 0 Å². The Morgan fingerprint density at radius 1 is 1.14 bits per heavy atom. The summed E-state index contributed by atoms with van der Waals surface area (Å²) in [6.07, 6.45) is 6.30. The van der Waals surface area contributed by atoms with Gasteiger partial charge in [0.15, 0.2) is 0 Å². The van der Waals surface area contributed by atoms with Gasteiger partial charge in [-0.1, -0.05) is 44.0 Å². The van der Waals surface area contributed by atoms with Crippen LogP contribution in [0.4, 0.5) is 0 Å². The average Bonchev–Trinajstić information content (AvgIpc) is 2.51. The molecule has 1 aliphatic heterocycles. The van der Waals surface area contributed by atoms with Crippen LogP contribution in [0, 0.1) is 0 Å². The second kappa shape index (κ2) is 7.39. The summed E-state index contributed by atoms with van der Waals surface area (Å²) >= 11 is 0. The van der Waals surface area contributed by atoms with Crippen LogP contribution in [0.1, 0.15) is 63.6 Å². The molecule has 0 spiro atoms. The highest BCUT2D eigenvalue weighted by Crippen LogP contribution is 2.32. The Morgan fingerprint density at radius 3 is 2.29 bits per heavy atom. The van der Waals surface area contributed by atoms with Gasteiger partial charge in [0.05, 0.1) is 6.04 Å². The van der Waals surface area contributed by atoms with Crippen LogP contribution in [0.2, 0.25) is 0 Å². The van der Waals surface area contributed by atoms with E-state index in [1.165, 1.54) is 49.9 Å². The summed E-state index contributed by atoms with van der Waals surface area (Å²) in [6, 6.07) is 9.12. The summed E-state index contributed by atoms with van der Waals surface area (Å²) in [5.74, 6) is 5.92. The van der Waals surface area contributed by atoms with Crippen LogP contribution in [0.25, 0.3) is 0 Å². The number of hydrogen-bond donors (Lipinski definition) is 2. The summed E-state index contributed by atoms with van der Waals surface area (Å²) in [4.78, 5) is 2.58. The molecule has 118 valence electrons. The third kappa shape index (κ3) is 3.85. The van der Waals surface area contributed by atoms with Crippen LogP contribution in [0.3, 0.4) is 0 Å². The van der Waals surface area contributed by atoms with Crippen molar-refractivity contribution in [2.75, 3.05) is 13.1 Å². The first-order valence-corrected chi connectivity index (χ1v) is 8.39. The third-order valence-electron chi connectivity index (χ3n) is 4.90. The minimum Gasteiger partial charge on any atom is -0.296 e. The zero-order valence-electron chi connectivity index (χ0n) is 13.9. The predicted octanol–water partition coefficient (Wildman–Crippen LogP) is 3.41. The highest BCUT2D eigenvalue weighted by molar-refractivity contribution is 5.27. The van der Waals surface area contributed by atoms with Gasteiger partial charge in [-0.25, -0.2) is 0 Å². The van der Waals surface area contributed by atoms with Crippen LogP contribution in [-0.4, -0.2) is 23.5 Å². The molecule has 1 saturated heterocycles. The molecule has 1 heterocycles. The Morgan fingerprint density at radius 2 is 1.76 bits per heavy atom. The van der Waals surface area contributed by atoms with Crippen molar-refractivity contribution >= 4 is 0 Å². The molecule has 3 N–H and O–H groups in total. The molecule has 0 aliphatic carbocycles. The van der Waals surface area contributed by atoms with Crippen LogP contribution < -0.4 is 11.3 Å². The van der Waals surface area contributed by atoms with Crippen LogP contribution >= 0.6 is 0 Å². The molecule has 1 fully saturated rings. The highest BCUT2D eigenvalue weighted by Gasteiger charge is 2.36. The minimum absolute atomic E-state index is 0.0292. The first-order valence-electron chi connectivity index (χ1n) is 8.39. The number of nitrogens with one attached hydrogen (secondary N) is 1. The molecule has 3 heteroatoms. The Balaban J connectivity index is 2.16. The van der Waals surface area contributed by atoms with E-state index in [1.807, 2.05) is 0 Å². The van der Waals surface area contributed by atoms with E-state index < -0.39 is 0 Å². The number of aryl methyl sites for hydroxylation is 1. The van der Waals surface area contributed by atoms with E-state index >= 15 is 0 Å². The van der Waals surface area contributed by atoms with Crippen molar-refractivity contribution in [3.63, 3.8) is 0 Å². The van der Waals surface area contributed by atoms with E-state index in [-0.39, 0.29) is 11.6 Å². The molecule has 1 aromatic rings. The molecule has 0 amide bonds. The lowest BCUT2D eigenvalue weighted by Gasteiger charge is -2.46. The lowest BCUT2D eigenvalue weighted by molar-refractivity contribution is 0.0608. The maximum absolute atomic E-state index is 5.92. The molecule has 2 rings (SSSR count). The Bertz CT molecular complexity index is 419. The molecule has 1 unspecified atom stereocenters. The van der Waals surface area contributed by atoms with E-state index in [0.29, 0.717) is 0 Å². The fourth-order valence-electron chi connectivity index (χ4n) is 3.53. The highest BCUT2D eigenvalue weighted by atomic mass is 15.3. The molecule has 1 atom stereocenters. The van der Waals surface area contributed by atoms with Gasteiger partial charge in [0.2, 0.25) is 0 Å². The van der Waals surface area contributed by atoms with E-state index in [4.69, 9.17) is 5.84 Å². The average molecular weight is 289 g/mol. The summed E-state index contributed by atoms with van der Waals surface area (Å²) in [6.45, 7) is 9.20. The Hall–Kier alpha value is -0.900. The fourth-order valence-corrected chi connectivity index (χ4v) is 3.53. The molecule has 1 aromatic carbocycles. The summed E-state index contributed by atoms with van der Waals surface area (Å²) in [5, 5.41) is 0. The zero-order valence-corrected chi connectivity index (χ0v) is 13.9. The SMILES string of the molecule is CCCc1ccc(C(NN)C(C)(C)N2CCCCC2)cc1. The van der Waals surface area contributed by atoms with Gasteiger partial charge in [0.1, 0.15) is 0 Å². The van der Waals surface area contributed by atoms with Gasteiger partial charge in [-0.2, -0.15) is 0 Å². The Labute approximate surface area is 129 Å². The number of rotatable bonds is 6. The van der Waals surface area contributed by atoms with Gasteiger partial charge in [-0.05, 0) is 57.3 Å². The van der Waals surface area contributed by atoms with Crippen LogP contribution in [-0.2, 0) is 6.42 Å². The van der Waals surface area contributed by atoms with Crippen molar-refractivity contribution in [2.45, 2.75) is 64.5 Å². The maximum Gasteiger partial charge on any atom is 0.0638 e. The second-order valence-electron chi connectivity index (χ2n) is 6.79. The molecule has 21 heavy (non-hydrogen) atoms. The van der Waals surface area contributed by atoms with Gasteiger partial charge in [-0.3, -0.25) is 16.2 Å². The lowest BCUT2D eigenvalue weighted by atomic mass is 9.85. The third-order valence-corrected chi connectivity index (χ3v) is 4.90. The van der Waals surface area contributed by atoms with Gasteiger partial charge in [-0.15, -0.1) is 0 Å². The summed E-state index contributed by atoms with van der Waals surface area (Å²) in [5.41, 5.74) is 5.79. The molecule has 0 aromatic heterocycles. The number of piperidine rings is 1. The van der Waals surface area contributed by atoms with E-state index in [1.54, 1.807) is 0 Å². The largest absolute Gasteiger partial charge is 0.296 e. The van der Waals surface area contributed by atoms with E-state index in [2.05, 4.69) is 55.4 Å². The number of hydrazine groups is 1. The quantitative estimate of drug-likeness (QED) is 0.623. The van der Waals surface area contributed by atoms with Crippen molar-refractivity contribution in [1.29, 1.82) is 0 Å². The molecule has 0 radical (unpaired) electrons. The smallest absolute Gasteiger partial charge is 0.0638 e. The molecule has 3 nitrogen and oxygen atoms in total. The second-order valence-corrected chi connectivity index (χ2v) is 6.79. The van der Waals surface area contributed by atoms with Crippen LogP contribution in [0.5, 0.6) is 0 Å². The molecule has 1 aliphatic rings. The van der Waals surface area contributed by atoms with Gasteiger partial charge < -0.3 is 0 Å². The maximum atomic E-state index is 5.92. The van der Waals surface area contributed by atoms with Crippen molar-refractivity contribution in [1.82, 2.24) is 10.3 Å². The number of benzene rings is 1. The molecule has 0 saturated carbocycles. The lowest BCUT2D eigenvalue weighted by Crippen LogP contribution is -2.55. The predicted molar refractivity (Wildman–Crippen MR) is 90.0 cm³/mol. The number of likely N-dealkylation sites (tertiary alicyclic amines) is 1. The number of nitrogens with two attached hydrogens (primary N) is 1. The van der Waals surface area contributed by atoms with Crippen molar-refractivity contribution < 1.29 is 0 Å². The van der Waals surface area contributed by atoms with Gasteiger partial charge >= 0.3 is 0 Å². The Kier molecular flexibility index (Phi) is 5.80. The van der Waals surface area contributed by atoms with Crippen LogP contribution in [0.15, 0.2) is 24.3 Å². The molecular formula is C18H31N3. The minimum atomic E-state index is 0.0292. The van der Waals surface area contributed by atoms with Crippen molar-refractivity contribution in [2.24, 2.45) is 5.84 Å². The number of nitrogens with zero attached hydrogens (tertiary/aromatic N) is 1.